The molecule has 2 rings (SSSR count). The van der Waals surface area contributed by atoms with E-state index < -0.39 is 29.0 Å². The molecule has 0 aliphatic carbocycles. The van der Waals surface area contributed by atoms with E-state index >= 15 is 0 Å². The van der Waals surface area contributed by atoms with Gasteiger partial charge in [-0.05, 0) is 24.3 Å². The summed E-state index contributed by atoms with van der Waals surface area (Å²) in [7, 11) is 0. The van der Waals surface area contributed by atoms with E-state index in [1.165, 1.54) is 18.2 Å². The maximum absolute atomic E-state index is 13.5. The second-order valence-corrected chi connectivity index (χ2v) is 4.08. The van der Waals surface area contributed by atoms with Crippen molar-refractivity contribution in [1.29, 1.82) is 0 Å². The van der Waals surface area contributed by atoms with E-state index in [-0.39, 0.29) is 12.4 Å². The summed E-state index contributed by atoms with van der Waals surface area (Å²) in [6.07, 6.45) is 5.04. The Balaban J connectivity index is 2.23. The van der Waals surface area contributed by atoms with Crippen molar-refractivity contribution in [2.45, 2.75) is 0 Å². The van der Waals surface area contributed by atoms with Crippen molar-refractivity contribution in [2.24, 2.45) is 0 Å². The van der Waals surface area contributed by atoms with Crippen molar-refractivity contribution in [3.8, 4) is 23.8 Å². The molecule has 3 nitrogen and oxygen atoms in total. The minimum absolute atomic E-state index is 0.00452. The van der Waals surface area contributed by atoms with Crippen LogP contribution in [0.2, 0.25) is 0 Å². The quantitative estimate of drug-likeness (QED) is 0.376. The summed E-state index contributed by atoms with van der Waals surface area (Å²) in [5, 5.41) is 0. The smallest absolute Gasteiger partial charge is 0.349 e. The zero-order valence-corrected chi connectivity index (χ0v) is 11.1. The Kier molecular flexibility index (Phi) is 4.69. The predicted octanol–water partition coefficient (Wildman–Crippen LogP) is 3.34. The highest BCUT2D eigenvalue weighted by Gasteiger charge is 2.22. The molecule has 0 saturated heterocycles. The van der Waals surface area contributed by atoms with Gasteiger partial charge >= 0.3 is 5.97 Å². The highest BCUT2D eigenvalue weighted by molar-refractivity contribution is 5.91. The van der Waals surface area contributed by atoms with Gasteiger partial charge in [-0.2, -0.15) is 0 Å². The van der Waals surface area contributed by atoms with Gasteiger partial charge in [-0.1, -0.05) is 12.0 Å². The third kappa shape index (κ3) is 3.38. The van der Waals surface area contributed by atoms with Crippen molar-refractivity contribution in [1.82, 2.24) is 0 Å². The van der Waals surface area contributed by atoms with Gasteiger partial charge in [0.1, 0.15) is 29.5 Å². The van der Waals surface area contributed by atoms with E-state index in [0.29, 0.717) is 17.9 Å². The fourth-order valence-electron chi connectivity index (χ4n) is 1.62. The molecular weight excluding hydrogens is 297 g/mol. The van der Waals surface area contributed by atoms with Gasteiger partial charge in [0.25, 0.3) is 0 Å². The molecule has 0 saturated carbocycles. The topological polar surface area (TPSA) is 35.5 Å². The second kappa shape index (κ2) is 6.68. The van der Waals surface area contributed by atoms with Crippen LogP contribution in [0, 0.1) is 29.8 Å². The molecule has 0 N–H and O–H groups in total. The molecule has 2 aromatic rings. The van der Waals surface area contributed by atoms with E-state index in [4.69, 9.17) is 15.9 Å². The molecule has 22 heavy (non-hydrogen) atoms. The SMILES string of the molecule is C#CCOc1cccc(OC(=O)c2c(F)ccc(F)c2F)c1. The Hall–Kier alpha value is -2.94. The fraction of sp³-hybridized carbons (Fsp3) is 0.0625. The van der Waals surface area contributed by atoms with E-state index in [1.807, 2.05) is 0 Å². The van der Waals surface area contributed by atoms with Crippen molar-refractivity contribution in [3.63, 3.8) is 0 Å². The Morgan fingerprint density at radius 2 is 1.77 bits per heavy atom. The number of ether oxygens (including phenoxy) is 2. The van der Waals surface area contributed by atoms with Gasteiger partial charge < -0.3 is 9.47 Å². The Morgan fingerprint density at radius 3 is 2.50 bits per heavy atom. The monoisotopic (exact) mass is 306 g/mol. The molecule has 0 fully saturated rings. The van der Waals surface area contributed by atoms with Crippen LogP contribution in [0.15, 0.2) is 36.4 Å². The maximum Gasteiger partial charge on any atom is 0.349 e. The highest BCUT2D eigenvalue weighted by atomic mass is 19.2. The Labute approximate surface area is 124 Å². The Bertz CT molecular complexity index is 751. The number of carbonyl (C=O) groups is 1. The number of halogens is 3. The molecule has 0 aliphatic rings. The number of terminal acetylenes is 1. The first kappa shape index (κ1) is 15.4. The number of esters is 1. The van der Waals surface area contributed by atoms with Crippen LogP contribution >= 0.6 is 0 Å². The minimum atomic E-state index is -1.61. The normalized spacial score (nSPS) is 9.91. The van der Waals surface area contributed by atoms with Gasteiger partial charge in [0.05, 0.1) is 0 Å². The maximum atomic E-state index is 13.5. The van der Waals surface area contributed by atoms with Gasteiger partial charge in [-0.25, -0.2) is 18.0 Å². The molecule has 0 bridgehead atoms. The molecule has 6 heteroatoms. The average molecular weight is 306 g/mol. The number of hydrogen-bond acceptors (Lipinski definition) is 3. The summed E-state index contributed by atoms with van der Waals surface area (Å²) in [4.78, 5) is 11.8. The summed E-state index contributed by atoms with van der Waals surface area (Å²) in [6, 6.07) is 6.95. The van der Waals surface area contributed by atoms with E-state index in [9.17, 15) is 18.0 Å². The summed E-state index contributed by atoms with van der Waals surface area (Å²) in [5.74, 6) is -3.00. The lowest BCUT2D eigenvalue weighted by Crippen LogP contribution is -2.14. The predicted molar refractivity (Wildman–Crippen MR) is 72.0 cm³/mol. The first-order valence-corrected chi connectivity index (χ1v) is 6.05. The third-order valence-corrected chi connectivity index (χ3v) is 2.59. The summed E-state index contributed by atoms with van der Waals surface area (Å²) in [6.45, 7) is 0.00452. The van der Waals surface area contributed by atoms with Crippen LogP contribution < -0.4 is 9.47 Å². The van der Waals surface area contributed by atoms with Crippen LogP contribution in [0.5, 0.6) is 11.5 Å². The van der Waals surface area contributed by atoms with Crippen molar-refractivity contribution < 1.29 is 27.4 Å². The van der Waals surface area contributed by atoms with Crippen molar-refractivity contribution in [2.75, 3.05) is 6.61 Å². The first-order valence-electron chi connectivity index (χ1n) is 6.05. The van der Waals surface area contributed by atoms with Crippen LogP contribution in [0.25, 0.3) is 0 Å². The average Bonchev–Trinajstić information content (AvgIpc) is 2.50. The number of carbonyl (C=O) groups excluding carboxylic acids is 1. The molecular formula is C16H9F3O3. The molecule has 0 heterocycles. The van der Waals surface area contributed by atoms with E-state index in [2.05, 4.69) is 5.92 Å². The summed E-state index contributed by atoms with van der Waals surface area (Å²) < 4.78 is 50.0. The molecule has 0 spiro atoms. The third-order valence-electron chi connectivity index (χ3n) is 2.59. The lowest BCUT2D eigenvalue weighted by molar-refractivity contribution is 0.0723. The zero-order chi connectivity index (χ0) is 16.1. The van der Waals surface area contributed by atoms with Crippen molar-refractivity contribution in [3.05, 3.63) is 59.4 Å². The standard InChI is InChI=1S/C16H9F3O3/c1-2-8-21-10-4-3-5-11(9-10)22-16(20)14-12(17)6-7-13(18)15(14)19/h1,3-7,9H,8H2. The summed E-state index contributed by atoms with van der Waals surface area (Å²) in [5.41, 5.74) is -1.10. The summed E-state index contributed by atoms with van der Waals surface area (Å²) >= 11 is 0. The largest absolute Gasteiger partial charge is 0.481 e. The van der Waals surface area contributed by atoms with Crippen LogP contribution in [0.3, 0.4) is 0 Å². The Morgan fingerprint density at radius 1 is 1.09 bits per heavy atom. The second-order valence-electron chi connectivity index (χ2n) is 4.08. The molecule has 0 aromatic heterocycles. The molecule has 0 aliphatic heterocycles. The fourth-order valence-corrected chi connectivity index (χ4v) is 1.62. The van der Waals surface area contributed by atoms with E-state index in [1.54, 1.807) is 6.07 Å². The lowest BCUT2D eigenvalue weighted by atomic mass is 10.2. The van der Waals surface area contributed by atoms with E-state index in [0.717, 1.165) is 0 Å². The molecule has 2 aromatic carbocycles. The number of benzene rings is 2. The molecule has 0 amide bonds. The van der Waals surface area contributed by atoms with Crippen LogP contribution in [-0.4, -0.2) is 12.6 Å². The van der Waals surface area contributed by atoms with Gasteiger partial charge in [0.15, 0.2) is 11.6 Å². The van der Waals surface area contributed by atoms with Crippen molar-refractivity contribution >= 4 is 5.97 Å². The first-order chi connectivity index (χ1) is 10.5. The number of rotatable bonds is 4. The molecule has 0 atom stereocenters. The lowest BCUT2D eigenvalue weighted by Gasteiger charge is -2.08. The van der Waals surface area contributed by atoms with Gasteiger partial charge in [-0.15, -0.1) is 6.42 Å². The van der Waals surface area contributed by atoms with Gasteiger partial charge in [0.2, 0.25) is 0 Å². The molecule has 112 valence electrons. The van der Waals surface area contributed by atoms with Gasteiger partial charge in [-0.3, -0.25) is 0 Å². The zero-order valence-electron chi connectivity index (χ0n) is 11.1. The minimum Gasteiger partial charge on any atom is -0.481 e. The van der Waals surface area contributed by atoms with Gasteiger partial charge in [0, 0.05) is 6.07 Å². The van der Waals surface area contributed by atoms with Crippen LogP contribution in [0.1, 0.15) is 10.4 Å². The molecule has 0 unspecified atom stereocenters. The van der Waals surface area contributed by atoms with Crippen LogP contribution in [-0.2, 0) is 0 Å². The molecule has 0 radical (unpaired) electrons. The number of hydrogen-bond donors (Lipinski definition) is 0. The van der Waals surface area contributed by atoms with Crippen LogP contribution in [0.4, 0.5) is 13.2 Å². The highest BCUT2D eigenvalue weighted by Crippen LogP contribution is 2.22.